The molecule has 1 aromatic heterocycles. The van der Waals surface area contributed by atoms with Gasteiger partial charge in [-0.1, -0.05) is 23.8 Å². The van der Waals surface area contributed by atoms with Gasteiger partial charge in [-0.3, -0.25) is 4.79 Å². The van der Waals surface area contributed by atoms with Crippen molar-refractivity contribution in [2.24, 2.45) is 0 Å². The smallest absolute Gasteiger partial charge is 0.156 e. The van der Waals surface area contributed by atoms with E-state index in [4.69, 9.17) is 11.6 Å². The van der Waals surface area contributed by atoms with Gasteiger partial charge in [-0.2, -0.15) is 0 Å². The van der Waals surface area contributed by atoms with E-state index in [0.717, 1.165) is 19.3 Å². The number of carbonyl (C=O) groups excluding carboxylic acids is 1. The van der Waals surface area contributed by atoms with E-state index in [1.165, 1.54) is 6.33 Å². The summed E-state index contributed by atoms with van der Waals surface area (Å²) in [5.41, 5.74) is 0.332. The molecule has 5 heteroatoms. The van der Waals surface area contributed by atoms with Crippen molar-refractivity contribution < 1.29 is 4.79 Å². The quantitative estimate of drug-likeness (QED) is 0.499. The van der Waals surface area contributed by atoms with Crippen LogP contribution in [-0.2, 0) is 0 Å². The fourth-order valence-corrected chi connectivity index (χ4v) is 1.89. The number of rotatable bonds is 3. The van der Waals surface area contributed by atoms with Crippen LogP contribution in [0.1, 0.15) is 29.6 Å². The van der Waals surface area contributed by atoms with Crippen LogP contribution in [0.25, 0.3) is 0 Å². The molecule has 0 saturated heterocycles. The number of halogens is 1. The molecule has 1 aromatic rings. The normalized spacial score (nSPS) is 19.4. The van der Waals surface area contributed by atoms with Gasteiger partial charge in [0, 0.05) is 6.04 Å². The van der Waals surface area contributed by atoms with Gasteiger partial charge in [-0.25, -0.2) is 9.97 Å². The highest BCUT2D eigenvalue weighted by atomic mass is 35.5. The van der Waals surface area contributed by atoms with E-state index < -0.39 is 0 Å². The van der Waals surface area contributed by atoms with Gasteiger partial charge in [-0.05, 0) is 19.3 Å². The second kappa shape index (κ2) is 5.07. The highest BCUT2D eigenvalue weighted by molar-refractivity contribution is 6.32. The Bertz CT molecular complexity index is 420. The first-order valence-corrected chi connectivity index (χ1v) is 5.56. The van der Waals surface area contributed by atoms with E-state index in [-0.39, 0.29) is 5.15 Å². The Morgan fingerprint density at radius 3 is 3.00 bits per heavy atom. The fraction of sp³-hybridized carbons (Fsp3) is 0.364. The van der Waals surface area contributed by atoms with Gasteiger partial charge in [0.1, 0.15) is 17.3 Å². The van der Waals surface area contributed by atoms with Crippen LogP contribution in [0.15, 0.2) is 18.5 Å². The second-order valence-corrected chi connectivity index (χ2v) is 4.03. The molecule has 0 spiro atoms. The van der Waals surface area contributed by atoms with Crippen molar-refractivity contribution in [1.29, 1.82) is 0 Å². The zero-order valence-corrected chi connectivity index (χ0v) is 9.44. The minimum absolute atomic E-state index is 0.193. The molecule has 1 heterocycles. The number of hydrogen-bond donors (Lipinski definition) is 1. The van der Waals surface area contributed by atoms with Gasteiger partial charge in [0.25, 0.3) is 0 Å². The van der Waals surface area contributed by atoms with Crippen LogP contribution in [-0.4, -0.2) is 22.3 Å². The molecule has 0 fully saturated rings. The molecule has 4 nitrogen and oxygen atoms in total. The van der Waals surface area contributed by atoms with Gasteiger partial charge in [0.15, 0.2) is 6.29 Å². The Hall–Kier alpha value is -1.42. The van der Waals surface area contributed by atoms with Crippen LogP contribution in [0.5, 0.6) is 0 Å². The van der Waals surface area contributed by atoms with Crippen molar-refractivity contribution in [2.45, 2.75) is 25.3 Å². The lowest BCUT2D eigenvalue weighted by atomic mass is 10.0. The van der Waals surface area contributed by atoms with Crippen molar-refractivity contribution in [3.8, 4) is 0 Å². The number of aromatic nitrogens is 2. The average molecular weight is 238 g/mol. The number of nitrogens with zero attached hydrogens (tertiary/aromatic N) is 2. The summed E-state index contributed by atoms with van der Waals surface area (Å²) in [6.07, 6.45) is 9.36. The third-order valence-electron chi connectivity index (χ3n) is 2.56. The summed E-state index contributed by atoms with van der Waals surface area (Å²) in [7, 11) is 0. The molecule has 0 aromatic carbocycles. The van der Waals surface area contributed by atoms with E-state index in [1.807, 2.05) is 0 Å². The Kier molecular flexibility index (Phi) is 3.51. The Morgan fingerprint density at radius 1 is 1.44 bits per heavy atom. The zero-order valence-electron chi connectivity index (χ0n) is 8.69. The lowest BCUT2D eigenvalue weighted by Crippen LogP contribution is -2.22. The number of anilines is 1. The summed E-state index contributed by atoms with van der Waals surface area (Å²) in [6, 6.07) is 0.315. The number of aldehydes is 1. The summed E-state index contributed by atoms with van der Waals surface area (Å²) in [5.74, 6) is 0.523. The maximum absolute atomic E-state index is 10.9. The second-order valence-electron chi connectivity index (χ2n) is 3.67. The van der Waals surface area contributed by atoms with Crippen molar-refractivity contribution in [1.82, 2.24) is 9.97 Å². The molecule has 0 saturated carbocycles. The molecule has 2 rings (SSSR count). The first-order valence-electron chi connectivity index (χ1n) is 5.18. The van der Waals surface area contributed by atoms with E-state index in [1.54, 1.807) is 0 Å². The molecular weight excluding hydrogens is 226 g/mol. The average Bonchev–Trinajstić information content (AvgIpc) is 2.31. The molecule has 1 atom stereocenters. The molecule has 0 amide bonds. The monoisotopic (exact) mass is 237 g/mol. The summed E-state index contributed by atoms with van der Waals surface area (Å²) >= 11 is 5.81. The molecule has 1 aliphatic carbocycles. The van der Waals surface area contributed by atoms with Gasteiger partial charge in [0.2, 0.25) is 0 Å². The van der Waals surface area contributed by atoms with E-state index in [9.17, 15) is 4.79 Å². The number of allylic oxidation sites excluding steroid dienone is 1. The molecule has 0 bridgehead atoms. The molecular formula is C11H12ClN3O. The minimum Gasteiger partial charge on any atom is -0.366 e. The molecule has 1 N–H and O–H groups in total. The van der Waals surface area contributed by atoms with Crippen LogP contribution >= 0.6 is 11.6 Å². The predicted molar refractivity (Wildman–Crippen MR) is 62.8 cm³/mol. The van der Waals surface area contributed by atoms with Crippen LogP contribution < -0.4 is 5.32 Å². The van der Waals surface area contributed by atoms with Gasteiger partial charge in [0.05, 0.1) is 5.56 Å². The summed E-state index contributed by atoms with van der Waals surface area (Å²) in [4.78, 5) is 18.7. The minimum atomic E-state index is 0.193. The maximum atomic E-state index is 10.9. The Balaban J connectivity index is 2.17. The van der Waals surface area contributed by atoms with Gasteiger partial charge < -0.3 is 5.32 Å². The predicted octanol–water partition coefficient (Wildman–Crippen LogP) is 2.46. The largest absolute Gasteiger partial charge is 0.366 e. The first-order chi connectivity index (χ1) is 7.81. The van der Waals surface area contributed by atoms with Crippen molar-refractivity contribution >= 4 is 23.7 Å². The van der Waals surface area contributed by atoms with Gasteiger partial charge >= 0.3 is 0 Å². The molecule has 84 valence electrons. The molecule has 1 aliphatic rings. The Labute approximate surface area is 98.7 Å². The Morgan fingerprint density at radius 2 is 2.31 bits per heavy atom. The fourth-order valence-electron chi connectivity index (χ4n) is 1.71. The van der Waals surface area contributed by atoms with E-state index >= 15 is 0 Å². The first kappa shape index (κ1) is 11.1. The third-order valence-corrected chi connectivity index (χ3v) is 2.86. The third kappa shape index (κ3) is 2.39. The molecule has 1 unspecified atom stereocenters. The lowest BCUT2D eigenvalue weighted by molar-refractivity contribution is 0.112. The molecule has 0 aliphatic heterocycles. The van der Waals surface area contributed by atoms with Crippen molar-refractivity contribution in [2.75, 3.05) is 5.32 Å². The number of carbonyl (C=O) groups is 1. The topological polar surface area (TPSA) is 54.9 Å². The highest BCUT2D eigenvalue weighted by Crippen LogP contribution is 2.21. The van der Waals surface area contributed by atoms with Gasteiger partial charge in [-0.15, -0.1) is 0 Å². The maximum Gasteiger partial charge on any atom is 0.156 e. The van der Waals surface area contributed by atoms with Crippen molar-refractivity contribution in [3.05, 3.63) is 29.2 Å². The van der Waals surface area contributed by atoms with Crippen LogP contribution in [0.3, 0.4) is 0 Å². The summed E-state index contributed by atoms with van der Waals surface area (Å²) in [5, 5.41) is 3.42. The van der Waals surface area contributed by atoms with Crippen LogP contribution in [0.2, 0.25) is 5.15 Å². The molecule has 0 radical (unpaired) electrons. The van der Waals surface area contributed by atoms with Crippen LogP contribution in [0.4, 0.5) is 5.82 Å². The number of nitrogens with one attached hydrogen (secondary N) is 1. The lowest BCUT2D eigenvalue weighted by Gasteiger charge is -2.20. The van der Waals surface area contributed by atoms with Crippen LogP contribution in [0, 0.1) is 0 Å². The van der Waals surface area contributed by atoms with Crippen molar-refractivity contribution in [3.63, 3.8) is 0 Å². The molecule has 16 heavy (non-hydrogen) atoms. The summed E-state index contributed by atoms with van der Waals surface area (Å²) < 4.78 is 0. The van der Waals surface area contributed by atoms with E-state index in [0.29, 0.717) is 23.7 Å². The van der Waals surface area contributed by atoms with E-state index in [2.05, 4.69) is 27.4 Å². The highest BCUT2D eigenvalue weighted by Gasteiger charge is 2.14. The standard InChI is InChI=1S/C11H12ClN3O/c12-10-9(6-16)11(14-7-13-10)15-8-4-2-1-3-5-8/h1-2,6-8H,3-5H2,(H,13,14,15). The SMILES string of the molecule is O=Cc1c(Cl)ncnc1NC1CC=CCC1. The zero-order chi connectivity index (χ0) is 11.4. The number of hydrogen-bond acceptors (Lipinski definition) is 4. The summed E-state index contributed by atoms with van der Waals surface area (Å²) in [6.45, 7) is 0.